The van der Waals surface area contributed by atoms with Gasteiger partial charge in [-0.1, -0.05) is 12.1 Å². The highest BCUT2D eigenvalue weighted by atomic mass is 16.6. The average molecular weight is 547 g/mol. The molecule has 12 heteroatoms. The van der Waals surface area contributed by atoms with Gasteiger partial charge in [-0.25, -0.2) is 14.8 Å². The number of para-hydroxylation sites is 2. The van der Waals surface area contributed by atoms with Crippen LogP contribution in [0.3, 0.4) is 0 Å². The number of aliphatic hydroxyl groups excluding tert-OH is 1. The summed E-state index contributed by atoms with van der Waals surface area (Å²) in [6.45, 7) is 10.8. The molecule has 1 amide bonds. The zero-order chi connectivity index (χ0) is 28.2. The second-order valence-electron chi connectivity index (χ2n) is 11.3. The number of morpholine rings is 1. The van der Waals surface area contributed by atoms with Crippen LogP contribution < -0.4 is 4.90 Å². The van der Waals surface area contributed by atoms with E-state index in [1.165, 1.54) is 0 Å². The zero-order valence-corrected chi connectivity index (χ0v) is 23.5. The van der Waals surface area contributed by atoms with Crippen LogP contribution in [0, 0.1) is 0 Å². The first-order chi connectivity index (χ1) is 19.1. The summed E-state index contributed by atoms with van der Waals surface area (Å²) in [4.78, 5) is 35.8. The Balaban J connectivity index is 1.43. The van der Waals surface area contributed by atoms with E-state index in [0.717, 1.165) is 22.4 Å². The summed E-state index contributed by atoms with van der Waals surface area (Å²) in [5.41, 5.74) is 3.45. The van der Waals surface area contributed by atoms with E-state index in [1.54, 1.807) is 11.8 Å². The summed E-state index contributed by atoms with van der Waals surface area (Å²) >= 11 is 0. The van der Waals surface area contributed by atoms with Gasteiger partial charge in [0, 0.05) is 33.2 Å². The van der Waals surface area contributed by atoms with Crippen LogP contribution in [-0.2, 0) is 16.5 Å². The fourth-order valence-electron chi connectivity index (χ4n) is 4.99. The Hall–Kier alpha value is -4.03. The van der Waals surface area contributed by atoms with Gasteiger partial charge in [0.2, 0.25) is 5.95 Å². The molecule has 5 heterocycles. The molecule has 1 N–H and O–H groups in total. The van der Waals surface area contributed by atoms with E-state index in [9.17, 15) is 9.90 Å². The second kappa shape index (κ2) is 9.86. The van der Waals surface area contributed by atoms with Crippen LogP contribution in [0.25, 0.3) is 34.2 Å². The van der Waals surface area contributed by atoms with Gasteiger partial charge >= 0.3 is 6.09 Å². The lowest BCUT2D eigenvalue weighted by molar-refractivity contribution is 0.0216. The third kappa shape index (κ3) is 4.77. The summed E-state index contributed by atoms with van der Waals surface area (Å²) in [5.74, 6) is 2.32. The van der Waals surface area contributed by atoms with Gasteiger partial charge < -0.3 is 28.9 Å². The number of benzene rings is 1. The van der Waals surface area contributed by atoms with Crippen molar-refractivity contribution in [3.63, 3.8) is 0 Å². The number of nitrogens with zero attached hydrogens (tertiary/aromatic N) is 8. The van der Waals surface area contributed by atoms with Crippen LogP contribution in [0.15, 0.2) is 29.8 Å². The molecule has 1 aromatic carbocycles. The zero-order valence-electron chi connectivity index (χ0n) is 23.5. The number of rotatable bonds is 4. The van der Waals surface area contributed by atoms with Gasteiger partial charge in [0.25, 0.3) is 0 Å². The molecule has 2 aliphatic heterocycles. The highest BCUT2D eigenvalue weighted by molar-refractivity contribution is 5.87. The first-order valence-electron chi connectivity index (χ1n) is 13.5. The van der Waals surface area contributed by atoms with Gasteiger partial charge in [0.1, 0.15) is 23.4 Å². The standard InChI is InChI=1S/C28H34N8O4/c1-17(37)23-29-19-8-6-7-9-20(19)36(23)26-31-24-22(25(32-26)34-10-12-39-13-11-34)30-21(33(24)5)14-18-15-35(16-18)27(38)40-28(2,3)4/h6-9,14,17,37H,10-13,15-16H2,1-5H3/t17-/m0/s1. The molecule has 2 aliphatic rings. The van der Waals surface area contributed by atoms with E-state index in [0.29, 0.717) is 68.1 Å². The molecule has 0 spiro atoms. The molecule has 4 aromatic rings. The van der Waals surface area contributed by atoms with E-state index in [2.05, 4.69) is 9.88 Å². The highest BCUT2D eigenvalue weighted by Gasteiger charge is 2.30. The molecule has 0 radical (unpaired) electrons. The van der Waals surface area contributed by atoms with Crippen molar-refractivity contribution in [2.75, 3.05) is 44.3 Å². The monoisotopic (exact) mass is 546 g/mol. The van der Waals surface area contributed by atoms with Crippen molar-refractivity contribution in [1.82, 2.24) is 34.0 Å². The molecule has 40 heavy (non-hydrogen) atoms. The van der Waals surface area contributed by atoms with Gasteiger partial charge in [-0.15, -0.1) is 0 Å². The number of hydrogen-bond donors (Lipinski definition) is 1. The largest absolute Gasteiger partial charge is 0.444 e. The SMILES string of the molecule is C[C@H](O)c1nc2ccccc2n1-c1nc(N2CCOCC2)c2nc(C=C3CN(C(=O)OC(C)(C)C)C3)n(C)c2n1. The van der Waals surface area contributed by atoms with Crippen molar-refractivity contribution in [3.8, 4) is 5.95 Å². The van der Waals surface area contributed by atoms with E-state index >= 15 is 0 Å². The number of carbonyl (C=O) groups is 1. The molecule has 12 nitrogen and oxygen atoms in total. The van der Waals surface area contributed by atoms with Gasteiger partial charge in [-0.05, 0) is 51.5 Å². The van der Waals surface area contributed by atoms with Crippen molar-refractivity contribution in [2.45, 2.75) is 39.4 Å². The Morgan fingerprint density at radius 1 is 1.10 bits per heavy atom. The minimum absolute atomic E-state index is 0.318. The van der Waals surface area contributed by atoms with E-state index in [-0.39, 0.29) is 6.09 Å². The first-order valence-corrected chi connectivity index (χ1v) is 13.5. The van der Waals surface area contributed by atoms with Gasteiger partial charge in [-0.3, -0.25) is 4.57 Å². The van der Waals surface area contributed by atoms with Gasteiger partial charge in [-0.2, -0.15) is 9.97 Å². The lowest BCUT2D eigenvalue weighted by Gasteiger charge is -2.35. The third-order valence-corrected chi connectivity index (χ3v) is 6.97. The number of ether oxygens (including phenoxy) is 2. The second-order valence-corrected chi connectivity index (χ2v) is 11.3. The number of likely N-dealkylation sites (tertiary alicyclic amines) is 1. The molecule has 0 aliphatic carbocycles. The fraction of sp³-hybridized carbons (Fsp3) is 0.464. The number of aromatic nitrogens is 6. The minimum Gasteiger partial charge on any atom is -0.444 e. The minimum atomic E-state index is -0.822. The Morgan fingerprint density at radius 2 is 1.82 bits per heavy atom. The molecule has 3 aromatic heterocycles. The summed E-state index contributed by atoms with van der Waals surface area (Å²) in [7, 11) is 1.92. The number of anilines is 1. The average Bonchev–Trinajstić information content (AvgIpc) is 3.43. The molecule has 0 unspecified atom stereocenters. The molecular weight excluding hydrogens is 512 g/mol. The van der Waals surface area contributed by atoms with Crippen LogP contribution in [0.1, 0.15) is 45.4 Å². The molecule has 1 atom stereocenters. The number of carbonyl (C=O) groups excluding carboxylic acids is 1. The number of imidazole rings is 2. The molecular formula is C28H34N8O4. The van der Waals surface area contributed by atoms with Crippen molar-refractivity contribution in [3.05, 3.63) is 41.5 Å². The maximum absolute atomic E-state index is 12.4. The van der Waals surface area contributed by atoms with Gasteiger partial charge in [0.15, 0.2) is 17.0 Å². The van der Waals surface area contributed by atoms with Crippen molar-refractivity contribution in [1.29, 1.82) is 0 Å². The maximum Gasteiger partial charge on any atom is 0.410 e. The molecule has 210 valence electrons. The number of aryl methyl sites for hydroxylation is 1. The molecule has 2 fully saturated rings. The fourth-order valence-corrected chi connectivity index (χ4v) is 4.99. The van der Waals surface area contributed by atoms with Crippen LogP contribution in [0.4, 0.5) is 10.6 Å². The molecule has 0 bridgehead atoms. The quantitative estimate of drug-likeness (QED) is 0.411. The van der Waals surface area contributed by atoms with Crippen molar-refractivity contribution >= 4 is 40.2 Å². The van der Waals surface area contributed by atoms with Crippen LogP contribution in [0.5, 0.6) is 0 Å². The van der Waals surface area contributed by atoms with E-state index in [4.69, 9.17) is 24.4 Å². The summed E-state index contributed by atoms with van der Waals surface area (Å²) in [5, 5.41) is 10.6. The predicted molar refractivity (Wildman–Crippen MR) is 150 cm³/mol. The summed E-state index contributed by atoms with van der Waals surface area (Å²) in [6, 6.07) is 7.70. The van der Waals surface area contributed by atoms with E-state index in [1.807, 2.05) is 67.3 Å². The normalized spacial score (nSPS) is 16.9. The number of aliphatic hydroxyl groups is 1. The van der Waals surface area contributed by atoms with Crippen molar-refractivity contribution < 1.29 is 19.4 Å². The van der Waals surface area contributed by atoms with Gasteiger partial charge in [0.05, 0.1) is 24.2 Å². The summed E-state index contributed by atoms with van der Waals surface area (Å²) < 4.78 is 14.8. The lowest BCUT2D eigenvalue weighted by Crippen LogP contribution is -2.46. The lowest BCUT2D eigenvalue weighted by atomic mass is 10.1. The number of amides is 1. The first kappa shape index (κ1) is 26.2. The van der Waals surface area contributed by atoms with Crippen LogP contribution in [0.2, 0.25) is 0 Å². The molecule has 2 saturated heterocycles. The summed E-state index contributed by atoms with van der Waals surface area (Å²) in [6.07, 6.45) is 0.859. The predicted octanol–water partition coefficient (Wildman–Crippen LogP) is 3.23. The number of hydrogen-bond acceptors (Lipinski definition) is 9. The Kier molecular flexibility index (Phi) is 6.46. The molecule has 6 rings (SSSR count). The maximum atomic E-state index is 12.4. The Bertz CT molecular complexity index is 1620. The Labute approximate surface area is 231 Å². The van der Waals surface area contributed by atoms with E-state index < -0.39 is 11.7 Å². The number of fused-ring (bicyclic) bond motifs is 2. The van der Waals surface area contributed by atoms with Crippen LogP contribution in [-0.4, -0.2) is 90.2 Å². The Morgan fingerprint density at radius 3 is 2.52 bits per heavy atom. The topological polar surface area (TPSA) is 124 Å². The smallest absolute Gasteiger partial charge is 0.410 e. The van der Waals surface area contributed by atoms with Crippen LogP contribution >= 0.6 is 0 Å². The van der Waals surface area contributed by atoms with Crippen molar-refractivity contribution in [2.24, 2.45) is 7.05 Å². The molecule has 0 saturated carbocycles. The highest BCUT2D eigenvalue weighted by Crippen LogP contribution is 2.30. The third-order valence-electron chi connectivity index (χ3n) is 6.97.